The third kappa shape index (κ3) is 4.97. The van der Waals surface area contributed by atoms with Gasteiger partial charge in [0.25, 0.3) is 0 Å². The van der Waals surface area contributed by atoms with Crippen molar-refractivity contribution in [3.05, 3.63) is 0 Å². The summed E-state index contributed by atoms with van der Waals surface area (Å²) in [6.45, 7) is 6.63. The Bertz CT molecular complexity index is 294. The maximum atomic E-state index is 12.0. The summed E-state index contributed by atoms with van der Waals surface area (Å²) in [6.07, 6.45) is 3.48. The molecule has 0 radical (unpaired) electrons. The van der Waals surface area contributed by atoms with E-state index in [4.69, 9.17) is 0 Å². The molecule has 0 aromatic heterocycles. The molecule has 2 aliphatic heterocycles. The molecule has 0 saturated carbocycles. The fourth-order valence-corrected chi connectivity index (χ4v) is 4.01. The minimum atomic E-state index is 0.227. The van der Waals surface area contributed by atoms with Gasteiger partial charge in [-0.05, 0) is 51.9 Å². The van der Waals surface area contributed by atoms with Crippen LogP contribution in [-0.4, -0.2) is 61.1 Å². The smallest absolute Gasteiger partial charge is 0.230 e. The van der Waals surface area contributed by atoms with E-state index in [-0.39, 0.29) is 5.91 Å². The zero-order chi connectivity index (χ0) is 13.7. The Kier molecular flexibility index (Phi) is 5.98. The summed E-state index contributed by atoms with van der Waals surface area (Å²) in [4.78, 5) is 14.4. The molecule has 2 fully saturated rings. The Morgan fingerprint density at radius 1 is 1.37 bits per heavy atom. The van der Waals surface area contributed by atoms with E-state index >= 15 is 0 Å². The number of nitrogens with one attached hydrogen (secondary N) is 2. The Morgan fingerprint density at radius 2 is 2.11 bits per heavy atom. The predicted octanol–water partition coefficient (Wildman–Crippen LogP) is 0.928. The first-order valence-corrected chi connectivity index (χ1v) is 8.50. The molecule has 0 aromatic rings. The number of likely N-dealkylation sites (tertiary alicyclic amines) is 1. The molecule has 2 unspecified atom stereocenters. The van der Waals surface area contributed by atoms with E-state index in [1.807, 2.05) is 11.8 Å². The number of amides is 1. The summed E-state index contributed by atoms with van der Waals surface area (Å²) >= 11 is 1.83. The average molecular weight is 285 g/mol. The predicted molar refractivity (Wildman–Crippen MR) is 81.6 cm³/mol. The Morgan fingerprint density at radius 3 is 2.79 bits per heavy atom. The van der Waals surface area contributed by atoms with Crippen molar-refractivity contribution < 1.29 is 4.79 Å². The van der Waals surface area contributed by atoms with Crippen molar-refractivity contribution >= 4 is 17.7 Å². The second-order valence-electron chi connectivity index (χ2n) is 5.96. The number of hydrogen-bond donors (Lipinski definition) is 2. The molecule has 0 aliphatic carbocycles. The summed E-state index contributed by atoms with van der Waals surface area (Å²) in [7, 11) is 2.15. The summed E-state index contributed by atoms with van der Waals surface area (Å²) in [6, 6.07) is 0.373. The van der Waals surface area contributed by atoms with Gasteiger partial charge in [-0.3, -0.25) is 4.79 Å². The average Bonchev–Trinajstić information content (AvgIpc) is 2.41. The number of thioether (sulfide) groups is 1. The number of nitrogens with zero attached hydrogens (tertiary/aromatic N) is 1. The van der Waals surface area contributed by atoms with Gasteiger partial charge in [0.2, 0.25) is 5.91 Å². The van der Waals surface area contributed by atoms with Crippen LogP contribution in [0.5, 0.6) is 0 Å². The lowest BCUT2D eigenvalue weighted by molar-refractivity contribution is -0.119. The van der Waals surface area contributed by atoms with Crippen molar-refractivity contribution in [2.45, 2.75) is 37.5 Å². The fraction of sp³-hybridized carbons (Fsp3) is 0.929. The SMILES string of the molecule is CC1CN(C)CCC1NC(=O)CSC1CCNCC1. The molecule has 1 amide bonds. The van der Waals surface area contributed by atoms with E-state index in [9.17, 15) is 4.79 Å². The molecular formula is C14H27N3OS. The second-order valence-corrected chi connectivity index (χ2v) is 7.25. The zero-order valence-electron chi connectivity index (χ0n) is 12.2. The van der Waals surface area contributed by atoms with Crippen molar-refractivity contribution in [3.8, 4) is 0 Å². The minimum absolute atomic E-state index is 0.227. The van der Waals surface area contributed by atoms with E-state index in [0.717, 1.165) is 32.6 Å². The van der Waals surface area contributed by atoms with Crippen molar-refractivity contribution in [1.29, 1.82) is 0 Å². The third-order valence-corrected chi connectivity index (χ3v) is 5.56. The normalized spacial score (nSPS) is 30.2. The molecule has 2 saturated heterocycles. The van der Waals surface area contributed by atoms with E-state index in [1.54, 1.807) is 0 Å². The molecule has 4 nitrogen and oxygen atoms in total. The van der Waals surface area contributed by atoms with E-state index < -0.39 is 0 Å². The lowest BCUT2D eigenvalue weighted by Gasteiger charge is -2.35. The zero-order valence-corrected chi connectivity index (χ0v) is 13.0. The van der Waals surface area contributed by atoms with Crippen LogP contribution >= 0.6 is 11.8 Å². The molecule has 2 aliphatic rings. The van der Waals surface area contributed by atoms with E-state index in [1.165, 1.54) is 12.8 Å². The van der Waals surface area contributed by atoms with E-state index in [2.05, 4.69) is 29.5 Å². The summed E-state index contributed by atoms with van der Waals surface area (Å²) in [5.74, 6) is 1.42. The quantitative estimate of drug-likeness (QED) is 0.806. The number of carbonyl (C=O) groups is 1. The first-order valence-electron chi connectivity index (χ1n) is 7.45. The molecule has 2 rings (SSSR count). The maximum absolute atomic E-state index is 12.0. The highest BCUT2D eigenvalue weighted by Gasteiger charge is 2.25. The molecule has 2 N–H and O–H groups in total. The standard InChI is InChI=1S/C14H27N3OS/c1-11-9-17(2)8-5-13(11)16-14(18)10-19-12-3-6-15-7-4-12/h11-13,15H,3-10H2,1-2H3,(H,16,18). The number of hydrogen-bond acceptors (Lipinski definition) is 4. The van der Waals surface area contributed by atoms with Gasteiger partial charge in [0.05, 0.1) is 5.75 Å². The molecular weight excluding hydrogens is 258 g/mol. The fourth-order valence-electron chi connectivity index (χ4n) is 2.97. The van der Waals surface area contributed by atoms with E-state index in [0.29, 0.717) is 23.0 Å². The molecule has 110 valence electrons. The maximum Gasteiger partial charge on any atom is 0.230 e. The number of piperidine rings is 2. The molecule has 0 aromatic carbocycles. The monoisotopic (exact) mass is 285 g/mol. The van der Waals surface area contributed by atoms with Crippen LogP contribution in [0.3, 0.4) is 0 Å². The molecule has 0 spiro atoms. The highest BCUT2D eigenvalue weighted by molar-refractivity contribution is 8.00. The number of rotatable bonds is 4. The van der Waals surface area contributed by atoms with Crippen molar-refractivity contribution in [2.24, 2.45) is 5.92 Å². The van der Waals surface area contributed by atoms with Crippen LogP contribution < -0.4 is 10.6 Å². The summed E-state index contributed by atoms with van der Waals surface area (Å²) < 4.78 is 0. The first kappa shape index (κ1) is 15.1. The molecule has 2 atom stereocenters. The van der Waals surface area contributed by atoms with Crippen LogP contribution in [0.1, 0.15) is 26.2 Å². The van der Waals surface area contributed by atoms with Gasteiger partial charge < -0.3 is 15.5 Å². The highest BCUT2D eigenvalue weighted by atomic mass is 32.2. The highest BCUT2D eigenvalue weighted by Crippen LogP contribution is 2.20. The van der Waals surface area contributed by atoms with Gasteiger partial charge in [-0.15, -0.1) is 11.8 Å². The van der Waals surface area contributed by atoms with Crippen LogP contribution in [0.4, 0.5) is 0 Å². The summed E-state index contributed by atoms with van der Waals surface area (Å²) in [5, 5.41) is 7.25. The van der Waals surface area contributed by atoms with Gasteiger partial charge in [0.1, 0.15) is 0 Å². The van der Waals surface area contributed by atoms with Gasteiger partial charge >= 0.3 is 0 Å². The molecule has 5 heteroatoms. The Balaban J connectivity index is 1.66. The largest absolute Gasteiger partial charge is 0.352 e. The van der Waals surface area contributed by atoms with Gasteiger partial charge in [0, 0.05) is 17.8 Å². The summed E-state index contributed by atoms with van der Waals surface area (Å²) in [5.41, 5.74) is 0. The first-order chi connectivity index (χ1) is 9.15. The lowest BCUT2D eigenvalue weighted by atomic mass is 9.94. The Hall–Kier alpha value is -0.260. The van der Waals surface area contributed by atoms with Gasteiger partial charge in [0.15, 0.2) is 0 Å². The Labute approximate surface area is 121 Å². The van der Waals surface area contributed by atoms with Gasteiger partial charge in [-0.1, -0.05) is 6.92 Å². The van der Waals surface area contributed by atoms with Crippen molar-refractivity contribution in [2.75, 3.05) is 39.0 Å². The number of carbonyl (C=O) groups excluding carboxylic acids is 1. The van der Waals surface area contributed by atoms with Crippen LogP contribution in [-0.2, 0) is 4.79 Å². The lowest BCUT2D eigenvalue weighted by Crippen LogP contribution is -2.49. The molecule has 0 bridgehead atoms. The molecule has 19 heavy (non-hydrogen) atoms. The van der Waals surface area contributed by atoms with Crippen molar-refractivity contribution in [3.63, 3.8) is 0 Å². The van der Waals surface area contributed by atoms with Crippen LogP contribution in [0.25, 0.3) is 0 Å². The van der Waals surface area contributed by atoms with Crippen LogP contribution in [0, 0.1) is 5.92 Å². The third-order valence-electron chi connectivity index (χ3n) is 4.19. The minimum Gasteiger partial charge on any atom is -0.352 e. The topological polar surface area (TPSA) is 44.4 Å². The van der Waals surface area contributed by atoms with Crippen LogP contribution in [0.15, 0.2) is 0 Å². The molecule has 2 heterocycles. The van der Waals surface area contributed by atoms with Gasteiger partial charge in [-0.25, -0.2) is 0 Å². The second kappa shape index (κ2) is 7.50. The van der Waals surface area contributed by atoms with Crippen LogP contribution in [0.2, 0.25) is 0 Å². The van der Waals surface area contributed by atoms with Gasteiger partial charge in [-0.2, -0.15) is 0 Å². The van der Waals surface area contributed by atoms with Crippen molar-refractivity contribution in [1.82, 2.24) is 15.5 Å².